The Morgan fingerprint density at radius 1 is 1.15 bits per heavy atom. The standard InChI is InChI=1S/C27H29N3O3/c1-17-13-18(2)29-27(32)24(17)15-28-26(31)23-14-22-11-8-12-30(22)25(19(23)3)20(4)33-16-21-9-6-5-7-10-21/h5-14,20,24H,15-16H2,1-4H3,(H,28,31). The molecule has 1 aromatic carbocycles. The molecule has 0 radical (unpaired) electrons. The number of nitrogens with zero attached hydrogens (tertiary/aromatic N) is 2. The van der Waals surface area contributed by atoms with E-state index in [2.05, 4.69) is 14.7 Å². The zero-order valence-electron chi connectivity index (χ0n) is 19.5. The van der Waals surface area contributed by atoms with Crippen LogP contribution in [0.4, 0.5) is 0 Å². The molecule has 170 valence electrons. The first-order valence-corrected chi connectivity index (χ1v) is 11.2. The molecule has 4 rings (SSSR count). The molecule has 6 heteroatoms. The van der Waals surface area contributed by atoms with Crippen molar-refractivity contribution in [3.05, 3.63) is 88.8 Å². The molecule has 1 N–H and O–H groups in total. The van der Waals surface area contributed by atoms with Crippen molar-refractivity contribution >= 4 is 23.0 Å². The van der Waals surface area contributed by atoms with Crippen LogP contribution in [0.2, 0.25) is 0 Å². The molecule has 6 nitrogen and oxygen atoms in total. The van der Waals surface area contributed by atoms with Gasteiger partial charge >= 0.3 is 0 Å². The Morgan fingerprint density at radius 2 is 1.91 bits per heavy atom. The summed E-state index contributed by atoms with van der Waals surface area (Å²) in [7, 11) is 0. The summed E-state index contributed by atoms with van der Waals surface area (Å²) in [5.41, 5.74) is 5.99. The molecule has 1 aliphatic heterocycles. The quantitative estimate of drug-likeness (QED) is 0.569. The summed E-state index contributed by atoms with van der Waals surface area (Å²) in [5, 5.41) is 2.95. The van der Waals surface area contributed by atoms with Crippen LogP contribution in [-0.2, 0) is 16.1 Å². The van der Waals surface area contributed by atoms with Crippen LogP contribution < -0.4 is 5.32 Å². The summed E-state index contributed by atoms with van der Waals surface area (Å²) in [6, 6.07) is 15.8. The van der Waals surface area contributed by atoms with Crippen molar-refractivity contribution in [2.75, 3.05) is 6.54 Å². The molecule has 3 aromatic rings. The van der Waals surface area contributed by atoms with E-state index in [9.17, 15) is 9.59 Å². The number of aliphatic imine (C=N–C) groups is 1. The molecular weight excluding hydrogens is 414 g/mol. The number of pyridine rings is 1. The molecule has 0 aliphatic carbocycles. The van der Waals surface area contributed by atoms with Gasteiger partial charge in [0.2, 0.25) is 0 Å². The van der Waals surface area contributed by atoms with Crippen molar-refractivity contribution in [3.8, 4) is 0 Å². The number of rotatable bonds is 7. The Morgan fingerprint density at radius 3 is 2.64 bits per heavy atom. The Kier molecular flexibility index (Phi) is 6.56. The lowest BCUT2D eigenvalue weighted by Gasteiger charge is -2.22. The molecule has 0 fully saturated rings. The topological polar surface area (TPSA) is 72.2 Å². The third-order valence-electron chi connectivity index (χ3n) is 6.13. The largest absolute Gasteiger partial charge is 0.368 e. The average Bonchev–Trinajstić information content (AvgIpc) is 3.25. The molecular formula is C27H29N3O3. The lowest BCUT2D eigenvalue weighted by atomic mass is 9.95. The minimum absolute atomic E-state index is 0.209. The van der Waals surface area contributed by atoms with E-state index in [0.717, 1.165) is 27.9 Å². The van der Waals surface area contributed by atoms with E-state index in [4.69, 9.17) is 4.74 Å². The van der Waals surface area contributed by atoms with Crippen LogP contribution in [0, 0.1) is 12.8 Å². The van der Waals surface area contributed by atoms with Crippen LogP contribution in [0.15, 0.2) is 71.4 Å². The van der Waals surface area contributed by atoms with Gasteiger partial charge in [0.05, 0.1) is 24.3 Å². The monoisotopic (exact) mass is 443 g/mol. The van der Waals surface area contributed by atoms with E-state index in [1.54, 1.807) is 6.92 Å². The molecule has 0 saturated heterocycles. The SMILES string of the molecule is CC1=CC(C)=NC(=O)C1CNC(=O)c1cc2cccn2c(C(C)OCc2ccccc2)c1C. The molecule has 0 spiro atoms. The number of carbonyl (C=O) groups excluding carboxylic acids is 2. The van der Waals surface area contributed by atoms with Crippen molar-refractivity contribution in [3.63, 3.8) is 0 Å². The third-order valence-corrected chi connectivity index (χ3v) is 6.13. The highest BCUT2D eigenvalue weighted by Crippen LogP contribution is 2.27. The number of fused-ring (bicyclic) bond motifs is 1. The fourth-order valence-corrected chi connectivity index (χ4v) is 4.36. The van der Waals surface area contributed by atoms with E-state index in [1.165, 1.54) is 0 Å². The van der Waals surface area contributed by atoms with Gasteiger partial charge < -0.3 is 14.5 Å². The van der Waals surface area contributed by atoms with Gasteiger partial charge in [0.15, 0.2) is 0 Å². The van der Waals surface area contributed by atoms with Gasteiger partial charge in [0.1, 0.15) is 0 Å². The highest BCUT2D eigenvalue weighted by Gasteiger charge is 2.25. The first kappa shape index (κ1) is 22.7. The Balaban J connectivity index is 1.56. The Hall–Kier alpha value is -3.51. The number of carbonyl (C=O) groups is 2. The lowest BCUT2D eigenvalue weighted by Crippen LogP contribution is -2.35. The van der Waals surface area contributed by atoms with Crippen LogP contribution in [0.5, 0.6) is 0 Å². The maximum absolute atomic E-state index is 13.2. The fourth-order valence-electron chi connectivity index (χ4n) is 4.36. The number of dihydropyridines is 1. The number of nitrogens with one attached hydrogen (secondary N) is 1. The average molecular weight is 444 g/mol. The molecule has 2 amide bonds. The van der Waals surface area contributed by atoms with E-state index in [0.29, 0.717) is 17.9 Å². The Bertz CT molecular complexity index is 1250. The van der Waals surface area contributed by atoms with Crippen molar-refractivity contribution in [1.29, 1.82) is 0 Å². The molecule has 2 aromatic heterocycles. The van der Waals surface area contributed by atoms with E-state index >= 15 is 0 Å². The van der Waals surface area contributed by atoms with Gasteiger partial charge in [-0.25, -0.2) is 4.99 Å². The molecule has 33 heavy (non-hydrogen) atoms. The normalized spacial score (nSPS) is 17.0. The summed E-state index contributed by atoms with van der Waals surface area (Å²) in [4.78, 5) is 29.5. The van der Waals surface area contributed by atoms with Gasteiger partial charge in [0, 0.05) is 29.5 Å². The van der Waals surface area contributed by atoms with Crippen LogP contribution in [0.3, 0.4) is 0 Å². The van der Waals surface area contributed by atoms with Crippen LogP contribution >= 0.6 is 0 Å². The summed E-state index contributed by atoms with van der Waals surface area (Å²) in [6.07, 6.45) is 3.65. The first-order chi connectivity index (χ1) is 15.8. The molecule has 0 saturated carbocycles. The maximum atomic E-state index is 13.2. The third kappa shape index (κ3) is 4.81. The van der Waals surface area contributed by atoms with Gasteiger partial charge in [0.25, 0.3) is 11.8 Å². The molecule has 2 unspecified atom stereocenters. The van der Waals surface area contributed by atoms with Gasteiger partial charge in [-0.3, -0.25) is 9.59 Å². The van der Waals surface area contributed by atoms with Crippen LogP contribution in [0.1, 0.15) is 54.1 Å². The Labute approximate surface area is 194 Å². The van der Waals surface area contributed by atoms with E-state index in [-0.39, 0.29) is 24.5 Å². The minimum atomic E-state index is -0.428. The predicted molar refractivity (Wildman–Crippen MR) is 129 cm³/mol. The van der Waals surface area contributed by atoms with E-state index < -0.39 is 5.92 Å². The van der Waals surface area contributed by atoms with Crippen LogP contribution in [0.25, 0.3) is 5.52 Å². The van der Waals surface area contributed by atoms with Crippen molar-refractivity contribution in [2.24, 2.45) is 10.9 Å². The van der Waals surface area contributed by atoms with E-state index in [1.807, 2.05) is 81.6 Å². The second kappa shape index (κ2) is 9.55. The van der Waals surface area contributed by atoms with Gasteiger partial charge in [-0.15, -0.1) is 0 Å². The van der Waals surface area contributed by atoms with Crippen molar-refractivity contribution in [2.45, 2.75) is 40.4 Å². The molecule has 1 aliphatic rings. The van der Waals surface area contributed by atoms with Gasteiger partial charge in [-0.1, -0.05) is 35.9 Å². The number of benzene rings is 1. The van der Waals surface area contributed by atoms with Gasteiger partial charge in [-0.05, 0) is 63.1 Å². The minimum Gasteiger partial charge on any atom is -0.368 e. The number of allylic oxidation sites excluding steroid dienone is 1. The number of hydrogen-bond acceptors (Lipinski definition) is 3. The lowest BCUT2D eigenvalue weighted by molar-refractivity contribution is -0.120. The van der Waals surface area contributed by atoms with Crippen LogP contribution in [-0.4, -0.2) is 28.5 Å². The smallest absolute Gasteiger partial charge is 0.254 e. The number of aromatic nitrogens is 1. The summed E-state index contributed by atoms with van der Waals surface area (Å²) < 4.78 is 8.25. The zero-order chi connectivity index (χ0) is 23.5. The number of ether oxygens (including phenoxy) is 1. The highest BCUT2D eigenvalue weighted by atomic mass is 16.5. The molecule has 3 heterocycles. The second-order valence-electron chi connectivity index (χ2n) is 8.55. The number of amides is 2. The molecule has 0 bridgehead atoms. The predicted octanol–water partition coefficient (Wildman–Crippen LogP) is 4.82. The summed E-state index contributed by atoms with van der Waals surface area (Å²) in [6.45, 7) is 8.34. The van der Waals surface area contributed by atoms with Crippen molar-refractivity contribution in [1.82, 2.24) is 9.72 Å². The summed E-state index contributed by atoms with van der Waals surface area (Å²) >= 11 is 0. The van der Waals surface area contributed by atoms with Gasteiger partial charge in [-0.2, -0.15) is 0 Å². The first-order valence-electron chi connectivity index (χ1n) is 11.2. The summed E-state index contributed by atoms with van der Waals surface area (Å²) in [5.74, 6) is -0.850. The van der Waals surface area contributed by atoms with Crippen molar-refractivity contribution < 1.29 is 14.3 Å². The fraction of sp³-hybridized carbons (Fsp3) is 0.296. The second-order valence-corrected chi connectivity index (χ2v) is 8.55. The highest BCUT2D eigenvalue weighted by molar-refractivity contribution is 6.06. The molecule has 2 atom stereocenters. The number of hydrogen-bond donors (Lipinski definition) is 1. The maximum Gasteiger partial charge on any atom is 0.254 e. The zero-order valence-corrected chi connectivity index (χ0v) is 19.5.